The molecule has 1 heterocycles. The zero-order chi connectivity index (χ0) is 24.6. The number of fused-ring (bicyclic) bond motifs is 1. The number of nitrogens with zero attached hydrogens (tertiary/aromatic N) is 2. The number of para-hydroxylation sites is 1. The summed E-state index contributed by atoms with van der Waals surface area (Å²) in [6.45, 7) is 3.45. The number of carbonyl (C=O) groups is 1. The fourth-order valence-corrected chi connectivity index (χ4v) is 4.58. The standard InChI is InChI=1S/C27H28N2O5S/c1-3-24(26(30)31)34-22-8-6-7-19(17-22)18-29(27-28-23-9-4-5-10-25(23)35-27)15-16-33-21-13-11-20(32-2)12-14-21/h4-14,17,24H,3,15-16,18H2,1-2H3,(H,30,31). The Morgan fingerprint density at radius 3 is 2.51 bits per heavy atom. The average molecular weight is 493 g/mol. The predicted molar refractivity (Wildman–Crippen MR) is 138 cm³/mol. The molecule has 4 aromatic rings. The van der Waals surface area contributed by atoms with Crippen LogP contribution in [0.4, 0.5) is 5.13 Å². The molecule has 182 valence electrons. The van der Waals surface area contributed by atoms with Crippen molar-refractivity contribution >= 4 is 32.7 Å². The molecule has 0 amide bonds. The molecule has 0 bridgehead atoms. The molecule has 0 radical (unpaired) electrons. The number of anilines is 1. The maximum Gasteiger partial charge on any atom is 0.344 e. The van der Waals surface area contributed by atoms with E-state index in [1.54, 1.807) is 31.4 Å². The zero-order valence-electron chi connectivity index (χ0n) is 19.7. The molecule has 4 rings (SSSR count). The lowest BCUT2D eigenvalue weighted by atomic mass is 10.2. The molecule has 1 N–H and O–H groups in total. The average Bonchev–Trinajstić information content (AvgIpc) is 3.31. The van der Waals surface area contributed by atoms with Crippen molar-refractivity contribution in [1.82, 2.24) is 4.98 Å². The van der Waals surface area contributed by atoms with E-state index in [9.17, 15) is 9.90 Å². The summed E-state index contributed by atoms with van der Waals surface area (Å²) in [6, 6.07) is 23.1. The molecule has 0 fully saturated rings. The summed E-state index contributed by atoms with van der Waals surface area (Å²) in [4.78, 5) is 18.4. The largest absolute Gasteiger partial charge is 0.497 e. The van der Waals surface area contributed by atoms with Crippen LogP contribution in [0.3, 0.4) is 0 Å². The molecular weight excluding hydrogens is 464 g/mol. The molecule has 1 aromatic heterocycles. The molecule has 35 heavy (non-hydrogen) atoms. The fraction of sp³-hybridized carbons (Fsp3) is 0.259. The van der Waals surface area contributed by atoms with Gasteiger partial charge >= 0.3 is 5.97 Å². The summed E-state index contributed by atoms with van der Waals surface area (Å²) >= 11 is 1.63. The van der Waals surface area contributed by atoms with E-state index in [0.29, 0.717) is 31.9 Å². The number of hydrogen-bond acceptors (Lipinski definition) is 7. The molecule has 7 nitrogen and oxygen atoms in total. The predicted octanol–water partition coefficient (Wildman–Crippen LogP) is 5.63. The Morgan fingerprint density at radius 1 is 1.03 bits per heavy atom. The number of ether oxygens (including phenoxy) is 3. The van der Waals surface area contributed by atoms with E-state index in [1.165, 1.54) is 0 Å². The fourth-order valence-electron chi connectivity index (χ4n) is 3.59. The van der Waals surface area contributed by atoms with Gasteiger partial charge in [0.25, 0.3) is 0 Å². The van der Waals surface area contributed by atoms with Gasteiger partial charge in [0.1, 0.15) is 23.9 Å². The van der Waals surface area contributed by atoms with Crippen LogP contribution >= 0.6 is 11.3 Å². The van der Waals surface area contributed by atoms with Crippen molar-refractivity contribution in [3.63, 3.8) is 0 Å². The minimum absolute atomic E-state index is 0.389. The van der Waals surface area contributed by atoms with Crippen molar-refractivity contribution < 1.29 is 24.1 Å². The second-order valence-corrected chi connectivity index (χ2v) is 8.92. The second-order valence-electron chi connectivity index (χ2n) is 7.91. The number of carboxylic acids is 1. The third-order valence-corrected chi connectivity index (χ3v) is 6.54. The molecular formula is C27H28N2O5S. The lowest BCUT2D eigenvalue weighted by Crippen LogP contribution is -2.28. The third kappa shape index (κ3) is 6.42. The monoisotopic (exact) mass is 492 g/mol. The smallest absolute Gasteiger partial charge is 0.344 e. The highest BCUT2D eigenvalue weighted by Gasteiger charge is 2.18. The number of hydrogen-bond donors (Lipinski definition) is 1. The van der Waals surface area contributed by atoms with Crippen molar-refractivity contribution in [2.75, 3.05) is 25.2 Å². The Labute approximate surface area is 208 Å². The maximum atomic E-state index is 11.4. The first kappa shape index (κ1) is 24.3. The highest BCUT2D eigenvalue weighted by molar-refractivity contribution is 7.22. The number of carboxylic acid groups (broad SMARTS) is 1. The van der Waals surface area contributed by atoms with Crippen LogP contribution in [0.5, 0.6) is 17.2 Å². The summed E-state index contributed by atoms with van der Waals surface area (Å²) in [5, 5.41) is 10.2. The van der Waals surface area contributed by atoms with Crippen LogP contribution in [-0.4, -0.2) is 42.4 Å². The number of benzene rings is 3. The number of aliphatic carboxylic acids is 1. The highest BCUT2D eigenvalue weighted by Crippen LogP contribution is 2.30. The first-order chi connectivity index (χ1) is 17.1. The van der Waals surface area contributed by atoms with Gasteiger partial charge in [-0.2, -0.15) is 0 Å². The number of rotatable bonds is 12. The normalized spacial score (nSPS) is 11.7. The molecule has 0 spiro atoms. The van der Waals surface area contributed by atoms with Crippen LogP contribution in [0.1, 0.15) is 18.9 Å². The van der Waals surface area contributed by atoms with Crippen LogP contribution < -0.4 is 19.1 Å². The molecule has 0 aliphatic rings. The zero-order valence-corrected chi connectivity index (χ0v) is 20.5. The van der Waals surface area contributed by atoms with Gasteiger partial charge in [-0.25, -0.2) is 9.78 Å². The molecule has 0 aliphatic carbocycles. The topological polar surface area (TPSA) is 81.1 Å². The summed E-state index contributed by atoms with van der Waals surface area (Å²) in [6.07, 6.45) is -0.483. The SMILES string of the molecule is CCC(Oc1cccc(CN(CCOc2ccc(OC)cc2)c2nc3ccccc3s2)c1)C(=O)O. The van der Waals surface area contributed by atoms with Gasteiger partial charge < -0.3 is 24.2 Å². The van der Waals surface area contributed by atoms with E-state index in [1.807, 2.05) is 60.7 Å². The van der Waals surface area contributed by atoms with E-state index in [-0.39, 0.29) is 0 Å². The van der Waals surface area contributed by atoms with Gasteiger partial charge in [0.15, 0.2) is 11.2 Å². The Kier molecular flexibility index (Phi) is 8.05. The molecule has 0 aliphatic heterocycles. The summed E-state index contributed by atoms with van der Waals surface area (Å²) in [7, 11) is 1.63. The Hall–Kier alpha value is -3.78. The van der Waals surface area contributed by atoms with Crippen molar-refractivity contribution in [3.05, 3.63) is 78.4 Å². The Bertz CT molecular complexity index is 1220. The molecule has 0 saturated heterocycles. The van der Waals surface area contributed by atoms with Gasteiger partial charge in [-0.15, -0.1) is 0 Å². The maximum absolute atomic E-state index is 11.4. The number of thiazole rings is 1. The molecule has 8 heteroatoms. The third-order valence-electron chi connectivity index (χ3n) is 5.44. The first-order valence-electron chi connectivity index (χ1n) is 11.4. The summed E-state index contributed by atoms with van der Waals surface area (Å²) in [5.41, 5.74) is 1.95. The quantitative estimate of drug-likeness (QED) is 0.274. The van der Waals surface area contributed by atoms with Crippen LogP contribution in [0, 0.1) is 0 Å². The summed E-state index contributed by atoms with van der Waals surface area (Å²) in [5.74, 6) is 1.12. The van der Waals surface area contributed by atoms with Gasteiger partial charge in [0.05, 0.1) is 23.9 Å². The Morgan fingerprint density at radius 2 is 1.80 bits per heavy atom. The van der Waals surface area contributed by atoms with Crippen molar-refractivity contribution in [1.29, 1.82) is 0 Å². The minimum atomic E-state index is -0.968. The van der Waals surface area contributed by atoms with E-state index >= 15 is 0 Å². The number of methoxy groups -OCH3 is 1. The van der Waals surface area contributed by atoms with Gasteiger partial charge in [0, 0.05) is 6.54 Å². The van der Waals surface area contributed by atoms with Crippen LogP contribution in [0.25, 0.3) is 10.2 Å². The molecule has 1 unspecified atom stereocenters. The van der Waals surface area contributed by atoms with Crippen LogP contribution in [-0.2, 0) is 11.3 Å². The van der Waals surface area contributed by atoms with E-state index in [0.717, 1.165) is 32.4 Å². The van der Waals surface area contributed by atoms with Crippen LogP contribution in [0.15, 0.2) is 72.8 Å². The summed E-state index contributed by atoms with van der Waals surface area (Å²) < 4.78 is 18.0. The van der Waals surface area contributed by atoms with Gasteiger partial charge in [-0.3, -0.25) is 0 Å². The van der Waals surface area contributed by atoms with Crippen molar-refractivity contribution in [2.24, 2.45) is 0 Å². The number of aromatic nitrogens is 1. The van der Waals surface area contributed by atoms with E-state index < -0.39 is 12.1 Å². The van der Waals surface area contributed by atoms with Gasteiger partial charge in [0.2, 0.25) is 0 Å². The van der Waals surface area contributed by atoms with Gasteiger partial charge in [-0.1, -0.05) is 42.5 Å². The van der Waals surface area contributed by atoms with E-state index in [2.05, 4.69) is 11.0 Å². The molecule has 1 atom stereocenters. The second kappa shape index (κ2) is 11.6. The molecule has 0 saturated carbocycles. The van der Waals surface area contributed by atoms with Gasteiger partial charge in [-0.05, 0) is 60.5 Å². The Balaban J connectivity index is 1.51. The highest BCUT2D eigenvalue weighted by atomic mass is 32.1. The van der Waals surface area contributed by atoms with Crippen molar-refractivity contribution in [3.8, 4) is 17.2 Å². The minimum Gasteiger partial charge on any atom is -0.497 e. The lowest BCUT2D eigenvalue weighted by Gasteiger charge is -2.23. The molecule has 3 aromatic carbocycles. The van der Waals surface area contributed by atoms with E-state index in [4.69, 9.17) is 19.2 Å². The lowest BCUT2D eigenvalue weighted by molar-refractivity contribution is -0.145. The first-order valence-corrected chi connectivity index (χ1v) is 12.2. The van der Waals surface area contributed by atoms with Crippen LogP contribution in [0.2, 0.25) is 0 Å². The van der Waals surface area contributed by atoms with Crippen molar-refractivity contribution in [2.45, 2.75) is 26.0 Å².